The summed E-state index contributed by atoms with van der Waals surface area (Å²) in [7, 11) is 0. The highest BCUT2D eigenvalue weighted by molar-refractivity contribution is 5.82. The molecule has 0 aromatic carbocycles. The molecule has 0 spiro atoms. The number of halogens is 1. The highest BCUT2D eigenvalue weighted by Gasteiger charge is 2.19. The number of rotatable bonds is 4. The largest absolute Gasteiger partial charge is 0.475 e. The minimum absolute atomic E-state index is 0.151. The first-order valence-corrected chi connectivity index (χ1v) is 4.08. The smallest absolute Gasteiger partial charge is 0.375 e. The van der Waals surface area contributed by atoms with Crippen LogP contribution in [0.4, 0.5) is 4.39 Å². The van der Waals surface area contributed by atoms with Crippen LogP contribution >= 0.6 is 0 Å². The monoisotopic (exact) mass is 202 g/mol. The van der Waals surface area contributed by atoms with Crippen LogP contribution in [0.25, 0.3) is 0 Å². The van der Waals surface area contributed by atoms with Gasteiger partial charge in [-0.05, 0) is 24.3 Å². The third kappa shape index (κ3) is 2.75. The molecule has 78 valence electrons. The van der Waals surface area contributed by atoms with Crippen molar-refractivity contribution in [2.45, 2.75) is 32.5 Å². The number of tetrazole rings is 1. The van der Waals surface area contributed by atoms with Crippen LogP contribution in [-0.4, -0.2) is 37.0 Å². The van der Waals surface area contributed by atoms with Gasteiger partial charge in [0.25, 0.3) is 5.82 Å². The van der Waals surface area contributed by atoms with Crippen LogP contribution in [0.1, 0.15) is 30.9 Å². The molecule has 1 aromatic rings. The van der Waals surface area contributed by atoms with E-state index in [0.29, 0.717) is 0 Å². The van der Waals surface area contributed by atoms with Crippen LogP contribution in [0.5, 0.6) is 0 Å². The zero-order valence-corrected chi connectivity index (χ0v) is 7.94. The minimum atomic E-state index is -1.36. The number of aromatic nitrogens is 4. The van der Waals surface area contributed by atoms with Gasteiger partial charge in [-0.1, -0.05) is 0 Å². The van der Waals surface area contributed by atoms with Crippen LogP contribution in [0.15, 0.2) is 0 Å². The van der Waals surface area contributed by atoms with Crippen LogP contribution < -0.4 is 0 Å². The summed E-state index contributed by atoms with van der Waals surface area (Å²) in [5, 5.41) is 18.6. The lowest BCUT2D eigenvalue weighted by molar-refractivity contribution is 0.0673. The molecule has 0 amide bonds. The van der Waals surface area contributed by atoms with Gasteiger partial charge in [-0.2, -0.15) is 0 Å². The Morgan fingerprint density at radius 2 is 2.29 bits per heavy atom. The third-order valence-corrected chi connectivity index (χ3v) is 1.64. The van der Waals surface area contributed by atoms with Crippen molar-refractivity contribution in [3.63, 3.8) is 0 Å². The fourth-order valence-corrected chi connectivity index (χ4v) is 0.880. The van der Waals surface area contributed by atoms with Gasteiger partial charge in [0.1, 0.15) is 5.67 Å². The summed E-state index contributed by atoms with van der Waals surface area (Å²) in [4.78, 5) is 10.6. The number of aromatic carboxylic acids is 1. The first kappa shape index (κ1) is 10.6. The van der Waals surface area contributed by atoms with E-state index in [1.54, 1.807) is 0 Å². The summed E-state index contributed by atoms with van der Waals surface area (Å²) >= 11 is 0. The lowest BCUT2D eigenvalue weighted by Crippen LogP contribution is -2.19. The number of aryl methyl sites for hydroxylation is 1. The standard InChI is InChI=1S/C7H11FN4O2/c1-7(2,8)3-4-12-5(6(13)14)9-10-11-12/h3-4H2,1-2H3,(H,13,14). The maximum Gasteiger partial charge on any atom is 0.375 e. The van der Waals surface area contributed by atoms with Crippen LogP contribution in [0.3, 0.4) is 0 Å². The number of hydrogen-bond donors (Lipinski definition) is 1. The first-order chi connectivity index (χ1) is 6.40. The number of carboxylic acid groups (broad SMARTS) is 1. The highest BCUT2D eigenvalue weighted by Crippen LogP contribution is 2.14. The van der Waals surface area contributed by atoms with Crippen molar-refractivity contribution in [2.24, 2.45) is 0 Å². The fraction of sp³-hybridized carbons (Fsp3) is 0.714. The van der Waals surface area contributed by atoms with E-state index in [1.165, 1.54) is 13.8 Å². The van der Waals surface area contributed by atoms with Crippen molar-refractivity contribution in [1.82, 2.24) is 20.2 Å². The Kier molecular flexibility index (Phi) is 2.78. The molecular formula is C7H11FN4O2. The second kappa shape index (κ2) is 3.69. The Balaban J connectivity index is 2.68. The van der Waals surface area contributed by atoms with Crippen molar-refractivity contribution >= 4 is 5.97 Å². The molecule has 1 aromatic heterocycles. The van der Waals surface area contributed by atoms with E-state index in [-0.39, 0.29) is 18.8 Å². The fourth-order valence-electron chi connectivity index (χ4n) is 0.880. The molecule has 0 radical (unpaired) electrons. The molecule has 1 rings (SSSR count). The molecule has 0 aliphatic heterocycles. The summed E-state index contributed by atoms with van der Waals surface area (Å²) in [5.74, 6) is -1.49. The zero-order chi connectivity index (χ0) is 10.8. The predicted octanol–water partition coefficient (Wildman–Crippen LogP) is 0.510. The van der Waals surface area contributed by atoms with Crippen LogP contribution in [0.2, 0.25) is 0 Å². The summed E-state index contributed by atoms with van der Waals surface area (Å²) in [6.45, 7) is 2.98. The highest BCUT2D eigenvalue weighted by atomic mass is 19.1. The van der Waals surface area contributed by atoms with Crippen molar-refractivity contribution in [2.75, 3.05) is 0 Å². The van der Waals surface area contributed by atoms with E-state index < -0.39 is 11.6 Å². The Bertz CT molecular complexity index is 331. The normalized spacial score (nSPS) is 11.6. The van der Waals surface area contributed by atoms with Crippen LogP contribution in [0, 0.1) is 0 Å². The van der Waals surface area contributed by atoms with Gasteiger partial charge in [0.15, 0.2) is 0 Å². The third-order valence-electron chi connectivity index (χ3n) is 1.64. The summed E-state index contributed by atoms with van der Waals surface area (Å²) < 4.78 is 14.2. The van der Waals surface area contributed by atoms with E-state index in [1.807, 2.05) is 0 Å². The van der Waals surface area contributed by atoms with Gasteiger partial charge in [0.05, 0.1) is 0 Å². The summed E-state index contributed by atoms with van der Waals surface area (Å²) in [5.41, 5.74) is -1.36. The topological polar surface area (TPSA) is 80.9 Å². The Morgan fingerprint density at radius 1 is 1.64 bits per heavy atom. The number of carbonyl (C=O) groups is 1. The summed E-state index contributed by atoms with van der Waals surface area (Å²) in [6, 6.07) is 0. The van der Waals surface area contributed by atoms with Crippen molar-refractivity contribution in [1.29, 1.82) is 0 Å². The lowest BCUT2D eigenvalue weighted by atomic mass is 10.1. The second-order valence-corrected chi connectivity index (χ2v) is 3.50. The van der Waals surface area contributed by atoms with E-state index in [9.17, 15) is 9.18 Å². The zero-order valence-electron chi connectivity index (χ0n) is 7.94. The molecular weight excluding hydrogens is 191 g/mol. The molecule has 0 unspecified atom stereocenters. The number of carboxylic acids is 1. The van der Waals surface area contributed by atoms with Gasteiger partial charge in [-0.25, -0.2) is 13.9 Å². The van der Waals surface area contributed by atoms with Crippen molar-refractivity contribution in [3.05, 3.63) is 5.82 Å². The lowest BCUT2D eigenvalue weighted by Gasteiger charge is -2.12. The second-order valence-electron chi connectivity index (χ2n) is 3.50. The molecule has 0 atom stereocenters. The molecule has 6 nitrogen and oxygen atoms in total. The quantitative estimate of drug-likeness (QED) is 0.769. The average Bonchev–Trinajstić information content (AvgIpc) is 2.46. The first-order valence-electron chi connectivity index (χ1n) is 4.08. The number of hydrogen-bond acceptors (Lipinski definition) is 4. The molecule has 0 aliphatic rings. The molecule has 0 saturated heterocycles. The van der Waals surface area contributed by atoms with E-state index in [4.69, 9.17) is 5.11 Å². The molecule has 0 bridgehead atoms. The van der Waals surface area contributed by atoms with Crippen LogP contribution in [-0.2, 0) is 6.54 Å². The van der Waals surface area contributed by atoms with E-state index in [0.717, 1.165) is 4.68 Å². The van der Waals surface area contributed by atoms with Crippen molar-refractivity contribution < 1.29 is 14.3 Å². The van der Waals surface area contributed by atoms with Gasteiger partial charge in [0, 0.05) is 13.0 Å². The molecule has 0 saturated carbocycles. The minimum Gasteiger partial charge on any atom is -0.475 e. The average molecular weight is 202 g/mol. The van der Waals surface area contributed by atoms with Gasteiger partial charge in [-0.3, -0.25) is 0 Å². The van der Waals surface area contributed by atoms with E-state index >= 15 is 0 Å². The molecule has 1 N–H and O–H groups in total. The van der Waals surface area contributed by atoms with Gasteiger partial charge >= 0.3 is 5.97 Å². The number of alkyl halides is 1. The van der Waals surface area contributed by atoms with E-state index in [2.05, 4.69) is 15.5 Å². The Labute approximate surface area is 79.7 Å². The SMILES string of the molecule is CC(C)(F)CCn1nnnc1C(=O)O. The van der Waals surface area contributed by atoms with Crippen molar-refractivity contribution in [3.8, 4) is 0 Å². The number of nitrogens with zero attached hydrogens (tertiary/aromatic N) is 4. The summed E-state index contributed by atoms with van der Waals surface area (Å²) in [6.07, 6.45) is 0.165. The molecule has 0 aliphatic carbocycles. The maximum absolute atomic E-state index is 13.1. The van der Waals surface area contributed by atoms with Gasteiger partial charge < -0.3 is 5.11 Å². The van der Waals surface area contributed by atoms with Gasteiger partial charge in [-0.15, -0.1) is 5.10 Å². The predicted molar refractivity (Wildman–Crippen MR) is 44.6 cm³/mol. The molecule has 7 heteroatoms. The maximum atomic E-state index is 13.1. The molecule has 0 fully saturated rings. The Hall–Kier alpha value is -1.53. The Morgan fingerprint density at radius 3 is 2.79 bits per heavy atom. The van der Waals surface area contributed by atoms with Gasteiger partial charge in [0.2, 0.25) is 0 Å². The molecule has 1 heterocycles. The molecule has 14 heavy (non-hydrogen) atoms.